The van der Waals surface area contributed by atoms with Gasteiger partial charge in [0.25, 0.3) is 0 Å². The summed E-state index contributed by atoms with van der Waals surface area (Å²) in [6.07, 6.45) is 21.2. The van der Waals surface area contributed by atoms with Crippen LogP contribution < -0.4 is 0 Å². The third-order valence-corrected chi connectivity index (χ3v) is 4.01. The fourth-order valence-corrected chi connectivity index (χ4v) is 2.41. The lowest BCUT2D eigenvalue weighted by atomic mass is 10.1. The summed E-state index contributed by atoms with van der Waals surface area (Å²) in [6.45, 7) is 1.74. The molecule has 146 valence electrons. The van der Waals surface area contributed by atoms with Crippen LogP contribution in [0.5, 0.6) is 0 Å². The third kappa shape index (κ3) is 19.0. The van der Waals surface area contributed by atoms with E-state index < -0.39 is 6.10 Å². The van der Waals surface area contributed by atoms with Crippen LogP contribution in [0.15, 0.2) is 24.3 Å². The predicted octanol–water partition coefficient (Wildman–Crippen LogP) is 4.70. The third-order valence-electron chi connectivity index (χ3n) is 4.01. The fraction of sp³-hybridized carbons (Fsp3) is 0.762. The second-order valence-electron chi connectivity index (χ2n) is 6.53. The molecule has 1 atom stereocenters. The summed E-state index contributed by atoms with van der Waals surface area (Å²) in [7, 11) is 0. The summed E-state index contributed by atoms with van der Waals surface area (Å²) in [5, 5.41) is 17.7. The number of aliphatic hydroxyl groups excluding tert-OH is 2. The van der Waals surface area contributed by atoms with Crippen molar-refractivity contribution in [2.24, 2.45) is 0 Å². The van der Waals surface area contributed by atoms with E-state index in [1.165, 1.54) is 38.5 Å². The van der Waals surface area contributed by atoms with Crippen molar-refractivity contribution >= 4 is 5.97 Å². The molecule has 0 fully saturated rings. The Labute approximate surface area is 154 Å². The van der Waals surface area contributed by atoms with Gasteiger partial charge in [0.1, 0.15) is 12.7 Å². The molecule has 0 heterocycles. The van der Waals surface area contributed by atoms with Crippen molar-refractivity contribution in [3.63, 3.8) is 0 Å². The molecule has 0 bridgehead atoms. The van der Waals surface area contributed by atoms with Gasteiger partial charge in [0.2, 0.25) is 0 Å². The van der Waals surface area contributed by atoms with Crippen LogP contribution in [0.1, 0.15) is 84.0 Å². The Morgan fingerprint density at radius 3 is 2.04 bits per heavy atom. The number of allylic oxidation sites excluding steroid dienone is 4. The number of esters is 1. The van der Waals surface area contributed by atoms with Gasteiger partial charge in [-0.1, -0.05) is 69.8 Å². The predicted molar refractivity (Wildman–Crippen MR) is 103 cm³/mol. The number of rotatable bonds is 17. The first kappa shape index (κ1) is 23.9. The maximum atomic E-state index is 11.4. The molecule has 0 saturated carbocycles. The first-order chi connectivity index (χ1) is 12.2. The van der Waals surface area contributed by atoms with Gasteiger partial charge in [0, 0.05) is 6.42 Å². The molecule has 0 aromatic rings. The lowest BCUT2D eigenvalue weighted by Crippen LogP contribution is -2.21. The number of aliphatic hydroxyl groups is 2. The van der Waals surface area contributed by atoms with Gasteiger partial charge in [-0.3, -0.25) is 4.79 Å². The zero-order valence-electron chi connectivity index (χ0n) is 16.0. The Balaban J connectivity index is 3.33. The molecule has 4 heteroatoms. The molecule has 0 aliphatic heterocycles. The standard InChI is InChI=1S/C21H38O4/c1-2-3-4-5-6-7-8-9-10-11-12-13-14-15-16-17-21(24)25-19-20(23)18-22/h8-11,20,22-23H,2-7,12-19H2,1H3/b9-8+,11-10-/t20-/m1/s1. The quantitative estimate of drug-likeness (QED) is 0.226. The van der Waals surface area contributed by atoms with Gasteiger partial charge in [-0.2, -0.15) is 0 Å². The largest absolute Gasteiger partial charge is 0.463 e. The molecule has 0 radical (unpaired) electrons. The number of ether oxygens (including phenoxy) is 1. The van der Waals surface area contributed by atoms with Crippen LogP contribution in [0.2, 0.25) is 0 Å². The van der Waals surface area contributed by atoms with Crippen LogP contribution in [-0.4, -0.2) is 35.5 Å². The molecular formula is C21H38O4. The SMILES string of the molecule is CCCCCCC/C=C/C=C\CCCCCCC(=O)OC[C@H](O)CO. The van der Waals surface area contributed by atoms with Crippen molar-refractivity contribution in [3.8, 4) is 0 Å². The molecule has 0 saturated heterocycles. The van der Waals surface area contributed by atoms with E-state index in [0.717, 1.165) is 32.1 Å². The average Bonchev–Trinajstić information content (AvgIpc) is 2.62. The molecule has 0 aromatic heterocycles. The molecular weight excluding hydrogens is 316 g/mol. The van der Waals surface area contributed by atoms with Gasteiger partial charge >= 0.3 is 5.97 Å². The van der Waals surface area contributed by atoms with Gasteiger partial charge < -0.3 is 14.9 Å². The molecule has 4 nitrogen and oxygen atoms in total. The average molecular weight is 355 g/mol. The van der Waals surface area contributed by atoms with E-state index in [1.54, 1.807) is 0 Å². The minimum atomic E-state index is -0.967. The van der Waals surface area contributed by atoms with Gasteiger partial charge in [-0.25, -0.2) is 0 Å². The lowest BCUT2D eigenvalue weighted by molar-refractivity contribution is -0.147. The van der Waals surface area contributed by atoms with E-state index in [1.807, 2.05) is 0 Å². The Morgan fingerprint density at radius 1 is 0.920 bits per heavy atom. The maximum absolute atomic E-state index is 11.4. The highest BCUT2D eigenvalue weighted by atomic mass is 16.5. The summed E-state index contributed by atoms with van der Waals surface area (Å²) in [4.78, 5) is 11.4. The maximum Gasteiger partial charge on any atom is 0.305 e. The second kappa shape index (κ2) is 19.2. The second-order valence-corrected chi connectivity index (χ2v) is 6.53. The zero-order valence-corrected chi connectivity index (χ0v) is 16.0. The topological polar surface area (TPSA) is 66.8 Å². The minimum absolute atomic E-state index is 0.119. The highest BCUT2D eigenvalue weighted by Gasteiger charge is 2.07. The number of hydrogen-bond donors (Lipinski definition) is 2. The summed E-state index contributed by atoms with van der Waals surface area (Å²) in [5.74, 6) is -0.299. The van der Waals surface area contributed by atoms with Gasteiger partial charge in [-0.15, -0.1) is 0 Å². The van der Waals surface area contributed by atoms with Crippen molar-refractivity contribution in [2.75, 3.05) is 13.2 Å². The highest BCUT2D eigenvalue weighted by molar-refractivity contribution is 5.69. The first-order valence-corrected chi connectivity index (χ1v) is 9.97. The van der Waals surface area contributed by atoms with Crippen LogP contribution in [0, 0.1) is 0 Å². The molecule has 25 heavy (non-hydrogen) atoms. The van der Waals surface area contributed by atoms with E-state index >= 15 is 0 Å². The molecule has 0 spiro atoms. The smallest absolute Gasteiger partial charge is 0.305 e. The Bertz CT molecular complexity index is 350. The number of hydrogen-bond acceptors (Lipinski definition) is 4. The van der Waals surface area contributed by atoms with Crippen molar-refractivity contribution in [1.82, 2.24) is 0 Å². The monoisotopic (exact) mass is 354 g/mol. The summed E-state index contributed by atoms with van der Waals surface area (Å²) in [6, 6.07) is 0. The molecule has 0 aliphatic rings. The van der Waals surface area contributed by atoms with E-state index in [4.69, 9.17) is 14.9 Å². The molecule has 0 unspecified atom stereocenters. The van der Waals surface area contributed by atoms with Crippen LogP contribution in [0.25, 0.3) is 0 Å². The van der Waals surface area contributed by atoms with Crippen molar-refractivity contribution in [3.05, 3.63) is 24.3 Å². The summed E-state index contributed by atoms with van der Waals surface area (Å²) < 4.78 is 4.85. The molecule has 0 amide bonds. The minimum Gasteiger partial charge on any atom is -0.463 e. The van der Waals surface area contributed by atoms with Crippen LogP contribution >= 0.6 is 0 Å². The van der Waals surface area contributed by atoms with Gasteiger partial charge in [0.05, 0.1) is 6.61 Å². The normalized spacial score (nSPS) is 12.9. The van der Waals surface area contributed by atoms with E-state index in [-0.39, 0.29) is 19.2 Å². The number of carbonyl (C=O) groups excluding carboxylic acids is 1. The van der Waals surface area contributed by atoms with Crippen LogP contribution in [-0.2, 0) is 9.53 Å². The van der Waals surface area contributed by atoms with Gasteiger partial charge in [0.15, 0.2) is 0 Å². The number of carbonyl (C=O) groups is 1. The first-order valence-electron chi connectivity index (χ1n) is 9.97. The Morgan fingerprint density at radius 2 is 1.48 bits per heavy atom. The summed E-state index contributed by atoms with van der Waals surface area (Å²) >= 11 is 0. The van der Waals surface area contributed by atoms with Crippen LogP contribution in [0.3, 0.4) is 0 Å². The molecule has 0 aromatic carbocycles. The summed E-state index contributed by atoms with van der Waals surface area (Å²) in [5.41, 5.74) is 0. The fourth-order valence-electron chi connectivity index (χ4n) is 2.41. The van der Waals surface area contributed by atoms with E-state index in [0.29, 0.717) is 6.42 Å². The van der Waals surface area contributed by atoms with E-state index in [9.17, 15) is 4.79 Å². The van der Waals surface area contributed by atoms with Gasteiger partial charge in [-0.05, 0) is 32.1 Å². The highest BCUT2D eigenvalue weighted by Crippen LogP contribution is 2.08. The Kier molecular flexibility index (Phi) is 18.3. The van der Waals surface area contributed by atoms with Crippen LogP contribution in [0.4, 0.5) is 0 Å². The lowest BCUT2D eigenvalue weighted by Gasteiger charge is -2.08. The van der Waals surface area contributed by atoms with Crippen molar-refractivity contribution in [2.45, 2.75) is 90.1 Å². The van der Waals surface area contributed by atoms with E-state index in [2.05, 4.69) is 31.2 Å². The Hall–Kier alpha value is -1.13. The zero-order chi connectivity index (χ0) is 18.6. The molecule has 0 rings (SSSR count). The molecule has 2 N–H and O–H groups in total. The van der Waals surface area contributed by atoms with Crippen molar-refractivity contribution in [1.29, 1.82) is 0 Å². The number of unbranched alkanes of at least 4 members (excludes halogenated alkanes) is 9. The molecule has 0 aliphatic carbocycles. The van der Waals surface area contributed by atoms with Crippen molar-refractivity contribution < 1.29 is 19.7 Å².